The zero-order valence-electron chi connectivity index (χ0n) is 11.4. The molecule has 6 heteroatoms. The van der Waals surface area contributed by atoms with Crippen LogP contribution in [0.25, 0.3) is 0 Å². The van der Waals surface area contributed by atoms with Crippen LogP contribution in [0.5, 0.6) is 0 Å². The minimum Gasteiger partial charge on any atom is -0.284 e. The molecule has 6 nitrogen and oxygen atoms in total. The van der Waals surface area contributed by atoms with Crippen molar-refractivity contribution in [3.05, 3.63) is 35.4 Å². The maximum Gasteiger partial charge on any atom is 0.262 e. The van der Waals surface area contributed by atoms with E-state index in [9.17, 15) is 19.2 Å². The number of carbonyl (C=O) groups excluding carboxylic acids is 4. The average Bonchev–Trinajstić information content (AvgIpc) is 2.69. The van der Waals surface area contributed by atoms with Crippen LogP contribution >= 0.6 is 0 Å². The average molecular weight is 274 g/mol. The molecule has 1 aliphatic rings. The largest absolute Gasteiger partial charge is 0.284 e. The lowest BCUT2D eigenvalue weighted by molar-refractivity contribution is -0.144. The topological polar surface area (TPSA) is 74.8 Å². The van der Waals surface area contributed by atoms with Crippen molar-refractivity contribution in [2.75, 3.05) is 7.05 Å². The number of nitrogens with zero attached hydrogens (tertiary/aromatic N) is 2. The molecule has 1 heterocycles. The summed E-state index contributed by atoms with van der Waals surface area (Å²) in [5, 5.41) is 0. The van der Waals surface area contributed by atoms with Crippen LogP contribution in [-0.4, -0.2) is 46.5 Å². The van der Waals surface area contributed by atoms with Gasteiger partial charge >= 0.3 is 0 Å². The third-order valence-electron chi connectivity index (χ3n) is 3.37. The molecule has 0 spiro atoms. The quantitative estimate of drug-likeness (QED) is 0.743. The van der Waals surface area contributed by atoms with Gasteiger partial charge in [0.05, 0.1) is 11.1 Å². The van der Waals surface area contributed by atoms with E-state index >= 15 is 0 Å². The van der Waals surface area contributed by atoms with Crippen molar-refractivity contribution in [3.8, 4) is 0 Å². The number of benzene rings is 1. The van der Waals surface area contributed by atoms with Gasteiger partial charge < -0.3 is 0 Å². The van der Waals surface area contributed by atoms with Gasteiger partial charge in [-0.1, -0.05) is 12.1 Å². The molecule has 0 saturated heterocycles. The summed E-state index contributed by atoms with van der Waals surface area (Å²) in [5.41, 5.74) is 0.560. The second-order valence-corrected chi connectivity index (χ2v) is 4.62. The van der Waals surface area contributed by atoms with Crippen LogP contribution in [-0.2, 0) is 9.59 Å². The molecule has 0 aromatic heterocycles. The monoisotopic (exact) mass is 274 g/mol. The van der Waals surface area contributed by atoms with Crippen LogP contribution in [0.2, 0.25) is 0 Å². The Morgan fingerprint density at radius 1 is 1.10 bits per heavy atom. The molecule has 20 heavy (non-hydrogen) atoms. The molecule has 0 aliphatic carbocycles. The molecule has 0 radical (unpaired) electrons. The van der Waals surface area contributed by atoms with Gasteiger partial charge in [-0.05, 0) is 19.1 Å². The van der Waals surface area contributed by atoms with Crippen molar-refractivity contribution in [1.82, 2.24) is 9.80 Å². The summed E-state index contributed by atoms with van der Waals surface area (Å²) in [6, 6.07) is 5.38. The lowest BCUT2D eigenvalue weighted by Crippen LogP contribution is -2.49. The first-order valence-electron chi connectivity index (χ1n) is 6.11. The second kappa shape index (κ2) is 4.88. The predicted molar refractivity (Wildman–Crippen MR) is 69.9 cm³/mol. The Morgan fingerprint density at radius 2 is 1.55 bits per heavy atom. The Morgan fingerprint density at radius 3 is 1.95 bits per heavy atom. The second-order valence-electron chi connectivity index (χ2n) is 4.62. The lowest BCUT2D eigenvalue weighted by atomic mass is 10.1. The molecule has 1 unspecified atom stereocenters. The van der Waals surface area contributed by atoms with Gasteiger partial charge in [0.25, 0.3) is 17.7 Å². The Hall–Kier alpha value is -2.50. The summed E-state index contributed by atoms with van der Waals surface area (Å²) in [6.45, 7) is 2.68. The molecule has 2 rings (SSSR count). The van der Waals surface area contributed by atoms with Crippen molar-refractivity contribution in [2.45, 2.75) is 19.9 Å². The summed E-state index contributed by atoms with van der Waals surface area (Å²) in [4.78, 5) is 49.5. The number of imide groups is 2. The lowest BCUT2D eigenvalue weighted by Gasteiger charge is -2.24. The fourth-order valence-electron chi connectivity index (χ4n) is 2.11. The molecule has 0 saturated carbocycles. The third-order valence-corrected chi connectivity index (χ3v) is 3.37. The van der Waals surface area contributed by atoms with E-state index in [1.54, 1.807) is 24.3 Å². The summed E-state index contributed by atoms with van der Waals surface area (Å²) in [7, 11) is 1.32. The van der Waals surface area contributed by atoms with E-state index in [0.29, 0.717) is 0 Å². The molecular formula is C14H14N2O4. The Balaban J connectivity index is 2.32. The Bertz CT molecular complexity index is 588. The van der Waals surface area contributed by atoms with E-state index in [0.717, 1.165) is 9.80 Å². The highest BCUT2D eigenvalue weighted by molar-refractivity contribution is 6.23. The van der Waals surface area contributed by atoms with Crippen LogP contribution in [0.1, 0.15) is 34.6 Å². The number of fused-ring (bicyclic) bond motifs is 1. The van der Waals surface area contributed by atoms with Gasteiger partial charge in [0.1, 0.15) is 6.04 Å². The summed E-state index contributed by atoms with van der Waals surface area (Å²) in [5.74, 6) is -2.06. The summed E-state index contributed by atoms with van der Waals surface area (Å²) < 4.78 is 0. The highest BCUT2D eigenvalue weighted by atomic mass is 16.2. The first-order chi connectivity index (χ1) is 9.36. The molecule has 4 amide bonds. The molecule has 1 atom stereocenters. The Kier molecular flexibility index (Phi) is 3.40. The number of hydrogen-bond acceptors (Lipinski definition) is 4. The maximum atomic E-state index is 12.2. The molecule has 1 aliphatic heterocycles. The van der Waals surface area contributed by atoms with E-state index in [2.05, 4.69) is 0 Å². The highest BCUT2D eigenvalue weighted by Crippen LogP contribution is 2.24. The SMILES string of the molecule is CC(=O)N(C)C(=O)C(C)N1C(=O)c2ccccc2C1=O. The molecule has 0 fully saturated rings. The standard InChI is InChI=1S/C14H14N2O4/c1-8(12(18)15(3)9(2)17)16-13(19)10-6-4-5-7-11(10)14(16)20/h4-8H,1-3H3. The van der Waals surface area contributed by atoms with Crippen molar-refractivity contribution >= 4 is 23.6 Å². The number of likely N-dealkylation sites (N-methyl/N-ethyl adjacent to an activating group) is 1. The highest BCUT2D eigenvalue weighted by Gasteiger charge is 2.41. The minimum absolute atomic E-state index is 0.280. The summed E-state index contributed by atoms with van der Waals surface area (Å²) in [6.07, 6.45) is 0. The van der Waals surface area contributed by atoms with Crippen LogP contribution in [0, 0.1) is 0 Å². The molecule has 0 bridgehead atoms. The van der Waals surface area contributed by atoms with Gasteiger partial charge in [-0.2, -0.15) is 0 Å². The molecule has 1 aromatic rings. The fourth-order valence-corrected chi connectivity index (χ4v) is 2.11. The van der Waals surface area contributed by atoms with Crippen LogP contribution in [0.4, 0.5) is 0 Å². The molecular weight excluding hydrogens is 260 g/mol. The van der Waals surface area contributed by atoms with Crippen molar-refractivity contribution in [1.29, 1.82) is 0 Å². The summed E-state index contributed by atoms with van der Waals surface area (Å²) >= 11 is 0. The number of amides is 4. The first kappa shape index (κ1) is 13.9. The normalized spacial score (nSPS) is 15.1. The third kappa shape index (κ3) is 1.99. The Labute approximate surface area is 116 Å². The number of carbonyl (C=O) groups is 4. The maximum absolute atomic E-state index is 12.2. The first-order valence-corrected chi connectivity index (χ1v) is 6.11. The van der Waals surface area contributed by atoms with Crippen LogP contribution < -0.4 is 0 Å². The zero-order valence-corrected chi connectivity index (χ0v) is 11.4. The molecule has 1 aromatic carbocycles. The van der Waals surface area contributed by atoms with E-state index in [4.69, 9.17) is 0 Å². The van der Waals surface area contributed by atoms with Gasteiger partial charge in [0.15, 0.2) is 0 Å². The smallest absolute Gasteiger partial charge is 0.262 e. The predicted octanol–water partition coefficient (Wildman–Crippen LogP) is 0.676. The van der Waals surface area contributed by atoms with Crippen molar-refractivity contribution < 1.29 is 19.2 Å². The molecule has 0 N–H and O–H groups in total. The van der Waals surface area contributed by atoms with Gasteiger partial charge in [0.2, 0.25) is 5.91 Å². The van der Waals surface area contributed by atoms with Crippen molar-refractivity contribution in [3.63, 3.8) is 0 Å². The number of rotatable bonds is 2. The van der Waals surface area contributed by atoms with Gasteiger partial charge in [-0.3, -0.25) is 29.0 Å². The number of hydrogen-bond donors (Lipinski definition) is 0. The fraction of sp³-hybridized carbons (Fsp3) is 0.286. The van der Waals surface area contributed by atoms with Crippen LogP contribution in [0.15, 0.2) is 24.3 Å². The van der Waals surface area contributed by atoms with E-state index in [1.165, 1.54) is 20.9 Å². The van der Waals surface area contributed by atoms with Gasteiger partial charge in [0, 0.05) is 14.0 Å². The van der Waals surface area contributed by atoms with E-state index < -0.39 is 29.7 Å². The van der Waals surface area contributed by atoms with Gasteiger partial charge in [-0.15, -0.1) is 0 Å². The van der Waals surface area contributed by atoms with Crippen LogP contribution in [0.3, 0.4) is 0 Å². The van der Waals surface area contributed by atoms with E-state index in [1.807, 2.05) is 0 Å². The van der Waals surface area contributed by atoms with Gasteiger partial charge in [-0.25, -0.2) is 0 Å². The molecule has 104 valence electrons. The van der Waals surface area contributed by atoms with Crippen molar-refractivity contribution in [2.24, 2.45) is 0 Å². The van der Waals surface area contributed by atoms with E-state index in [-0.39, 0.29) is 11.1 Å². The zero-order chi connectivity index (χ0) is 15.0. The minimum atomic E-state index is -1.02.